The van der Waals surface area contributed by atoms with Crippen molar-refractivity contribution in [2.45, 2.75) is 69.0 Å². The summed E-state index contributed by atoms with van der Waals surface area (Å²) in [6, 6.07) is 5.78. The number of ether oxygens (including phenoxy) is 3. The highest BCUT2D eigenvalue weighted by molar-refractivity contribution is 5.39. The summed E-state index contributed by atoms with van der Waals surface area (Å²) in [5, 5.41) is 29.9. The molecule has 3 N–H and O–H groups in total. The van der Waals surface area contributed by atoms with Crippen LogP contribution in [-0.2, 0) is 15.9 Å². The van der Waals surface area contributed by atoms with Gasteiger partial charge in [0, 0.05) is 13.5 Å². The Hall–Kier alpha value is -1.18. The molecule has 1 saturated heterocycles. The molecule has 6 heteroatoms. The van der Waals surface area contributed by atoms with Gasteiger partial charge in [-0.3, -0.25) is 0 Å². The van der Waals surface area contributed by atoms with Crippen LogP contribution in [0.1, 0.15) is 49.3 Å². The van der Waals surface area contributed by atoms with Gasteiger partial charge in [0.2, 0.25) is 0 Å². The lowest BCUT2D eigenvalue weighted by Crippen LogP contribution is -2.44. The van der Waals surface area contributed by atoms with E-state index in [1.165, 1.54) is 0 Å². The molecule has 3 rings (SSSR count). The van der Waals surface area contributed by atoms with Crippen LogP contribution < -0.4 is 4.74 Å². The van der Waals surface area contributed by atoms with Gasteiger partial charge in [-0.2, -0.15) is 0 Å². The molecule has 1 aliphatic carbocycles. The molecule has 0 amide bonds. The van der Waals surface area contributed by atoms with Gasteiger partial charge in [-0.1, -0.05) is 6.07 Å². The summed E-state index contributed by atoms with van der Waals surface area (Å²) in [5.41, 5.74) is 1.90. The fourth-order valence-corrected chi connectivity index (χ4v) is 4.36. The maximum Gasteiger partial charge on any atom is 0.122 e. The van der Waals surface area contributed by atoms with Crippen molar-refractivity contribution in [3.63, 3.8) is 0 Å². The summed E-state index contributed by atoms with van der Waals surface area (Å²) in [7, 11) is 3.44. The van der Waals surface area contributed by atoms with E-state index in [-0.39, 0.29) is 13.0 Å². The summed E-state index contributed by atoms with van der Waals surface area (Å²) in [6.45, 7) is -0.175. The lowest BCUT2D eigenvalue weighted by Gasteiger charge is -2.37. The van der Waals surface area contributed by atoms with Crippen LogP contribution in [0.4, 0.5) is 0 Å². The molecular formula is C21H32O6. The zero-order valence-electron chi connectivity index (χ0n) is 16.2. The molecule has 1 aliphatic heterocycles. The van der Waals surface area contributed by atoms with Gasteiger partial charge < -0.3 is 29.5 Å². The van der Waals surface area contributed by atoms with E-state index < -0.39 is 24.4 Å². The highest BCUT2D eigenvalue weighted by Crippen LogP contribution is 2.36. The third-order valence-electron chi connectivity index (χ3n) is 6.02. The molecule has 0 bridgehead atoms. The number of aliphatic hydroxyl groups is 3. The number of rotatable bonds is 6. The van der Waals surface area contributed by atoms with Gasteiger partial charge in [0.25, 0.3) is 0 Å². The van der Waals surface area contributed by atoms with Crippen LogP contribution in [-0.4, -0.2) is 60.6 Å². The summed E-state index contributed by atoms with van der Waals surface area (Å²) in [5.74, 6) is 1.41. The van der Waals surface area contributed by atoms with E-state index in [9.17, 15) is 15.3 Å². The Labute approximate surface area is 161 Å². The largest absolute Gasteiger partial charge is 0.496 e. The second kappa shape index (κ2) is 9.34. The number of hydrogen-bond acceptors (Lipinski definition) is 6. The van der Waals surface area contributed by atoms with E-state index in [1.807, 2.05) is 18.2 Å². The minimum atomic E-state index is -1.01. The van der Waals surface area contributed by atoms with Crippen molar-refractivity contribution in [1.29, 1.82) is 0 Å². The van der Waals surface area contributed by atoms with Crippen LogP contribution >= 0.6 is 0 Å². The van der Waals surface area contributed by atoms with Gasteiger partial charge in [-0.05, 0) is 61.3 Å². The highest BCUT2D eigenvalue weighted by atomic mass is 16.5. The van der Waals surface area contributed by atoms with E-state index in [2.05, 4.69) is 0 Å². The quantitative estimate of drug-likeness (QED) is 0.700. The van der Waals surface area contributed by atoms with E-state index in [0.29, 0.717) is 12.0 Å². The first-order valence-electron chi connectivity index (χ1n) is 9.87. The Kier molecular flexibility index (Phi) is 7.11. The van der Waals surface area contributed by atoms with Crippen LogP contribution in [0.2, 0.25) is 0 Å². The van der Waals surface area contributed by atoms with E-state index in [4.69, 9.17) is 14.2 Å². The highest BCUT2D eigenvalue weighted by Gasteiger charge is 2.37. The molecule has 2 fully saturated rings. The molecule has 4 unspecified atom stereocenters. The monoisotopic (exact) mass is 380 g/mol. The lowest BCUT2D eigenvalue weighted by molar-refractivity contribution is -0.179. The standard InChI is InChI=1S/C21H32O6/c1-25-16-6-3-13(4-7-16)9-15-10-14(5-8-19(15)26-2)21-20(24)18(23)11-17(12-22)27-21/h5,8,10,13,16-18,20-24H,3-4,6-7,9,11-12H2,1-2H3. The molecule has 6 nitrogen and oxygen atoms in total. The average molecular weight is 380 g/mol. The minimum absolute atomic E-state index is 0.175. The van der Waals surface area contributed by atoms with Crippen molar-refractivity contribution in [2.75, 3.05) is 20.8 Å². The maximum atomic E-state index is 10.4. The van der Waals surface area contributed by atoms with Gasteiger partial charge in [0.1, 0.15) is 18.0 Å². The Morgan fingerprint density at radius 1 is 1.11 bits per heavy atom. The molecular weight excluding hydrogens is 348 g/mol. The van der Waals surface area contributed by atoms with E-state index >= 15 is 0 Å². The second-order valence-electron chi connectivity index (χ2n) is 7.81. The Balaban J connectivity index is 1.76. The summed E-state index contributed by atoms with van der Waals surface area (Å²) in [6.07, 6.45) is 2.89. The van der Waals surface area contributed by atoms with Gasteiger partial charge in [0.05, 0.1) is 32.0 Å². The normalized spacial score (nSPS) is 34.4. The van der Waals surface area contributed by atoms with Crippen molar-refractivity contribution in [3.8, 4) is 5.75 Å². The predicted molar refractivity (Wildman–Crippen MR) is 101 cm³/mol. The third kappa shape index (κ3) is 4.81. The number of benzene rings is 1. The fraction of sp³-hybridized carbons (Fsp3) is 0.714. The number of aliphatic hydroxyl groups excluding tert-OH is 3. The van der Waals surface area contributed by atoms with Gasteiger partial charge in [-0.25, -0.2) is 0 Å². The molecule has 4 atom stereocenters. The van der Waals surface area contributed by atoms with Crippen molar-refractivity contribution in [1.82, 2.24) is 0 Å². The van der Waals surface area contributed by atoms with Crippen LogP contribution in [0.3, 0.4) is 0 Å². The Morgan fingerprint density at radius 3 is 2.48 bits per heavy atom. The summed E-state index contributed by atoms with van der Waals surface area (Å²) >= 11 is 0. The molecule has 2 aliphatic rings. The van der Waals surface area contributed by atoms with Crippen molar-refractivity contribution in [3.05, 3.63) is 29.3 Å². The van der Waals surface area contributed by atoms with Crippen molar-refractivity contribution < 1.29 is 29.5 Å². The zero-order chi connectivity index (χ0) is 19.4. The van der Waals surface area contributed by atoms with Crippen LogP contribution in [0.15, 0.2) is 18.2 Å². The van der Waals surface area contributed by atoms with Crippen LogP contribution in [0, 0.1) is 5.92 Å². The third-order valence-corrected chi connectivity index (χ3v) is 6.02. The number of methoxy groups -OCH3 is 2. The van der Waals surface area contributed by atoms with Crippen LogP contribution in [0.5, 0.6) is 5.75 Å². The predicted octanol–water partition coefficient (Wildman–Crippen LogP) is 1.99. The van der Waals surface area contributed by atoms with Gasteiger partial charge in [0.15, 0.2) is 0 Å². The maximum absolute atomic E-state index is 10.4. The summed E-state index contributed by atoms with van der Waals surface area (Å²) in [4.78, 5) is 0. The molecule has 27 heavy (non-hydrogen) atoms. The first kappa shape index (κ1) is 20.6. The van der Waals surface area contributed by atoms with Crippen molar-refractivity contribution >= 4 is 0 Å². The Morgan fingerprint density at radius 2 is 1.85 bits per heavy atom. The van der Waals surface area contributed by atoms with Crippen LogP contribution in [0.25, 0.3) is 0 Å². The topological polar surface area (TPSA) is 88.4 Å². The average Bonchev–Trinajstić information content (AvgIpc) is 2.70. The smallest absolute Gasteiger partial charge is 0.122 e. The minimum Gasteiger partial charge on any atom is -0.496 e. The molecule has 1 aromatic carbocycles. The van der Waals surface area contributed by atoms with Gasteiger partial charge in [-0.15, -0.1) is 0 Å². The molecule has 0 aromatic heterocycles. The molecule has 0 radical (unpaired) electrons. The lowest BCUT2D eigenvalue weighted by atomic mass is 9.82. The number of hydrogen-bond donors (Lipinski definition) is 3. The molecule has 1 heterocycles. The van der Waals surface area contributed by atoms with E-state index in [0.717, 1.165) is 49.0 Å². The molecule has 1 saturated carbocycles. The molecule has 1 aromatic rings. The van der Waals surface area contributed by atoms with Crippen molar-refractivity contribution in [2.24, 2.45) is 5.92 Å². The van der Waals surface area contributed by atoms with Gasteiger partial charge >= 0.3 is 0 Å². The first-order valence-corrected chi connectivity index (χ1v) is 9.87. The molecule has 152 valence electrons. The second-order valence-corrected chi connectivity index (χ2v) is 7.81. The zero-order valence-corrected chi connectivity index (χ0v) is 16.2. The summed E-state index contributed by atoms with van der Waals surface area (Å²) < 4.78 is 16.8. The molecule has 0 spiro atoms. The SMILES string of the molecule is COc1ccc(C2OC(CO)CC(O)C2O)cc1CC1CCC(OC)CC1. The Bertz CT molecular complexity index is 598. The van der Waals surface area contributed by atoms with E-state index in [1.54, 1.807) is 14.2 Å². The first-order chi connectivity index (χ1) is 13.0. The fourth-order valence-electron chi connectivity index (χ4n) is 4.36.